The van der Waals surface area contributed by atoms with E-state index in [1.165, 1.54) is 12.8 Å². The van der Waals surface area contributed by atoms with Crippen LogP contribution < -0.4 is 0 Å². The molecule has 0 spiro atoms. The van der Waals surface area contributed by atoms with Crippen molar-refractivity contribution in [1.29, 1.82) is 0 Å². The van der Waals surface area contributed by atoms with E-state index < -0.39 is 6.10 Å². The summed E-state index contributed by atoms with van der Waals surface area (Å²) in [5, 5.41) is 19.1. The lowest BCUT2D eigenvalue weighted by atomic mass is 9.61. The minimum absolute atomic E-state index is 0.0353. The molecule has 0 heterocycles. The molecule has 0 bridgehead atoms. The molecule has 0 aliphatic heterocycles. The minimum Gasteiger partial charge on any atom is -0.394 e. The molecule has 2 N–H and O–H groups in total. The van der Waals surface area contributed by atoms with Gasteiger partial charge in [0.15, 0.2) is 0 Å². The summed E-state index contributed by atoms with van der Waals surface area (Å²) in [6.07, 6.45) is 4.05. The molecule has 0 aromatic heterocycles. The fourth-order valence-electron chi connectivity index (χ4n) is 3.03. The van der Waals surface area contributed by atoms with E-state index in [9.17, 15) is 5.11 Å². The lowest BCUT2D eigenvalue weighted by Gasteiger charge is -2.46. The molecule has 1 fully saturated rings. The van der Waals surface area contributed by atoms with Crippen LogP contribution >= 0.6 is 0 Å². The van der Waals surface area contributed by atoms with Crippen molar-refractivity contribution in [3.63, 3.8) is 0 Å². The van der Waals surface area contributed by atoms with Gasteiger partial charge in [0.25, 0.3) is 0 Å². The van der Waals surface area contributed by atoms with Crippen LogP contribution in [0.2, 0.25) is 0 Å². The normalized spacial score (nSPS) is 36.0. The van der Waals surface area contributed by atoms with E-state index in [0.717, 1.165) is 12.8 Å². The minimum atomic E-state index is -0.537. The molecule has 1 rings (SSSR count). The molecule has 0 aromatic carbocycles. The Bertz CT molecular complexity index is 179. The van der Waals surface area contributed by atoms with Crippen LogP contribution in [0.4, 0.5) is 0 Å². The van der Waals surface area contributed by atoms with Gasteiger partial charge in [-0.05, 0) is 24.7 Å². The molecule has 0 radical (unpaired) electrons. The Kier molecular flexibility index (Phi) is 3.96. The number of aliphatic hydroxyl groups excluding tert-OH is 2. The van der Waals surface area contributed by atoms with E-state index >= 15 is 0 Å². The van der Waals surface area contributed by atoms with E-state index in [2.05, 4.69) is 20.8 Å². The van der Waals surface area contributed by atoms with Crippen LogP contribution in [0.5, 0.6) is 0 Å². The zero-order valence-corrected chi connectivity index (χ0v) is 9.66. The summed E-state index contributed by atoms with van der Waals surface area (Å²) in [5.41, 5.74) is -0.0353. The smallest absolute Gasteiger partial charge is 0.0829 e. The van der Waals surface area contributed by atoms with Gasteiger partial charge in [-0.3, -0.25) is 0 Å². The first-order valence-electron chi connectivity index (χ1n) is 5.82. The second kappa shape index (κ2) is 4.63. The lowest BCUT2D eigenvalue weighted by molar-refractivity contribution is -0.0750. The molecule has 1 aliphatic rings. The maximum Gasteiger partial charge on any atom is 0.0829 e. The van der Waals surface area contributed by atoms with E-state index in [-0.39, 0.29) is 12.0 Å². The Hall–Kier alpha value is -0.0800. The van der Waals surface area contributed by atoms with Gasteiger partial charge >= 0.3 is 0 Å². The highest BCUT2D eigenvalue weighted by Gasteiger charge is 2.43. The SMILES string of the molecule is CC(C)C1([C@H](O)CO)CCC[C@@H](C)C1. The zero-order valence-electron chi connectivity index (χ0n) is 9.66. The van der Waals surface area contributed by atoms with Crippen molar-refractivity contribution >= 4 is 0 Å². The van der Waals surface area contributed by atoms with Crippen molar-refractivity contribution in [2.45, 2.75) is 52.6 Å². The summed E-state index contributed by atoms with van der Waals surface area (Å²) in [7, 11) is 0. The third kappa shape index (κ3) is 2.12. The molecule has 1 saturated carbocycles. The molecule has 1 unspecified atom stereocenters. The van der Waals surface area contributed by atoms with Crippen molar-refractivity contribution in [2.75, 3.05) is 6.61 Å². The third-order valence-electron chi connectivity index (χ3n) is 4.05. The summed E-state index contributed by atoms with van der Waals surface area (Å²) in [6, 6.07) is 0. The molecule has 1 aliphatic carbocycles. The predicted octanol–water partition coefficient (Wildman–Crippen LogP) is 2.19. The summed E-state index contributed by atoms with van der Waals surface area (Å²) in [5.74, 6) is 1.14. The Labute approximate surface area is 87.3 Å². The maximum absolute atomic E-state index is 9.97. The van der Waals surface area contributed by atoms with Crippen LogP contribution in [0, 0.1) is 17.3 Å². The standard InChI is InChI=1S/C12H24O2/c1-9(2)12(11(14)8-13)6-4-5-10(3)7-12/h9-11,13-14H,4-8H2,1-3H3/t10-,11-,12?/m1/s1. The highest BCUT2D eigenvalue weighted by molar-refractivity contribution is 4.92. The summed E-state index contributed by atoms with van der Waals surface area (Å²) >= 11 is 0. The van der Waals surface area contributed by atoms with Gasteiger partial charge < -0.3 is 10.2 Å². The predicted molar refractivity (Wildman–Crippen MR) is 58.0 cm³/mol. The van der Waals surface area contributed by atoms with Gasteiger partial charge in [0.2, 0.25) is 0 Å². The molecule has 2 heteroatoms. The summed E-state index contributed by atoms with van der Waals surface area (Å²) < 4.78 is 0. The quantitative estimate of drug-likeness (QED) is 0.733. The van der Waals surface area contributed by atoms with Crippen LogP contribution in [0.15, 0.2) is 0 Å². The van der Waals surface area contributed by atoms with Gasteiger partial charge in [-0.1, -0.05) is 33.6 Å². The molecule has 84 valence electrons. The fourth-order valence-corrected chi connectivity index (χ4v) is 3.03. The molecule has 0 saturated heterocycles. The monoisotopic (exact) mass is 200 g/mol. The van der Waals surface area contributed by atoms with Crippen molar-refractivity contribution in [3.05, 3.63) is 0 Å². The Morgan fingerprint density at radius 3 is 2.50 bits per heavy atom. The molecule has 2 nitrogen and oxygen atoms in total. The summed E-state index contributed by atoms with van der Waals surface area (Å²) in [6.45, 7) is 6.49. The first-order chi connectivity index (χ1) is 6.53. The van der Waals surface area contributed by atoms with Gasteiger partial charge in [0.1, 0.15) is 0 Å². The van der Waals surface area contributed by atoms with Gasteiger partial charge in [0.05, 0.1) is 12.7 Å². The van der Waals surface area contributed by atoms with Crippen LogP contribution in [-0.4, -0.2) is 22.9 Å². The van der Waals surface area contributed by atoms with Crippen molar-refractivity contribution in [3.8, 4) is 0 Å². The van der Waals surface area contributed by atoms with Gasteiger partial charge in [0, 0.05) is 5.41 Å². The first-order valence-corrected chi connectivity index (χ1v) is 5.82. The average molecular weight is 200 g/mol. The third-order valence-corrected chi connectivity index (χ3v) is 4.05. The number of aliphatic hydroxyl groups is 2. The van der Waals surface area contributed by atoms with E-state index in [1.807, 2.05) is 0 Å². The van der Waals surface area contributed by atoms with E-state index in [1.54, 1.807) is 0 Å². The topological polar surface area (TPSA) is 40.5 Å². The van der Waals surface area contributed by atoms with Gasteiger partial charge in [-0.25, -0.2) is 0 Å². The Balaban J connectivity index is 2.80. The lowest BCUT2D eigenvalue weighted by Crippen LogP contribution is -2.45. The molecular formula is C12H24O2. The van der Waals surface area contributed by atoms with Crippen molar-refractivity contribution in [1.82, 2.24) is 0 Å². The van der Waals surface area contributed by atoms with E-state index in [0.29, 0.717) is 11.8 Å². The van der Waals surface area contributed by atoms with Gasteiger partial charge in [-0.15, -0.1) is 0 Å². The van der Waals surface area contributed by atoms with Crippen LogP contribution in [-0.2, 0) is 0 Å². The van der Waals surface area contributed by atoms with Crippen LogP contribution in [0.3, 0.4) is 0 Å². The number of rotatable bonds is 3. The highest BCUT2D eigenvalue weighted by atomic mass is 16.3. The fraction of sp³-hybridized carbons (Fsp3) is 1.00. The average Bonchev–Trinajstić information content (AvgIpc) is 2.16. The van der Waals surface area contributed by atoms with Crippen LogP contribution in [0.1, 0.15) is 46.5 Å². The first kappa shape index (κ1) is 12.0. The molecule has 0 amide bonds. The van der Waals surface area contributed by atoms with E-state index in [4.69, 9.17) is 5.11 Å². The molecule has 0 aromatic rings. The van der Waals surface area contributed by atoms with Crippen molar-refractivity contribution in [2.24, 2.45) is 17.3 Å². The Morgan fingerprint density at radius 1 is 1.43 bits per heavy atom. The highest BCUT2D eigenvalue weighted by Crippen LogP contribution is 2.47. The maximum atomic E-state index is 9.97. The summed E-state index contributed by atoms with van der Waals surface area (Å²) in [4.78, 5) is 0. The second-order valence-corrected chi connectivity index (χ2v) is 5.29. The van der Waals surface area contributed by atoms with Crippen molar-refractivity contribution < 1.29 is 10.2 Å². The number of hydrogen-bond acceptors (Lipinski definition) is 2. The van der Waals surface area contributed by atoms with Gasteiger partial charge in [-0.2, -0.15) is 0 Å². The zero-order chi connectivity index (χ0) is 10.8. The number of hydrogen-bond donors (Lipinski definition) is 2. The molecule has 3 atom stereocenters. The second-order valence-electron chi connectivity index (χ2n) is 5.29. The largest absolute Gasteiger partial charge is 0.394 e. The molecular weight excluding hydrogens is 176 g/mol. The Morgan fingerprint density at radius 2 is 2.07 bits per heavy atom. The molecule has 14 heavy (non-hydrogen) atoms. The van der Waals surface area contributed by atoms with Crippen LogP contribution in [0.25, 0.3) is 0 Å².